The summed E-state index contributed by atoms with van der Waals surface area (Å²) in [5, 5.41) is 24.3. The van der Waals surface area contributed by atoms with Crippen LogP contribution < -0.4 is 10.6 Å². The second-order valence-corrected chi connectivity index (χ2v) is 7.76. The van der Waals surface area contributed by atoms with Gasteiger partial charge < -0.3 is 20.8 Å². The van der Waals surface area contributed by atoms with Gasteiger partial charge in [-0.1, -0.05) is 72.8 Å². The minimum absolute atomic E-state index is 0.0290. The fourth-order valence-corrected chi connectivity index (χ4v) is 3.36. The summed E-state index contributed by atoms with van der Waals surface area (Å²) in [6.07, 6.45) is 3.20. The van der Waals surface area contributed by atoms with Crippen molar-refractivity contribution in [1.29, 1.82) is 0 Å². The van der Waals surface area contributed by atoms with Gasteiger partial charge in [-0.15, -0.1) is 0 Å². The number of aromatic hydroxyl groups is 1. The predicted octanol–water partition coefficient (Wildman–Crippen LogP) is 2.95. The number of benzene rings is 3. The van der Waals surface area contributed by atoms with E-state index in [1.54, 1.807) is 18.2 Å². The summed E-state index contributed by atoms with van der Waals surface area (Å²) in [6.45, 7) is 0. The average Bonchev–Trinajstić information content (AvgIpc) is 2.84. The second-order valence-electron chi connectivity index (χ2n) is 7.76. The molecule has 4 N–H and O–H groups in total. The number of amides is 2. The van der Waals surface area contributed by atoms with Crippen LogP contribution in [0.15, 0.2) is 91.0 Å². The molecule has 34 heavy (non-hydrogen) atoms. The van der Waals surface area contributed by atoms with Crippen LogP contribution in [0.25, 0.3) is 6.08 Å². The Kier molecular flexibility index (Phi) is 8.57. The molecule has 7 nitrogen and oxygen atoms in total. The van der Waals surface area contributed by atoms with Gasteiger partial charge in [0.2, 0.25) is 11.8 Å². The standard InChI is InChI=1S/C27H26N2O5/c30-22-14-11-21(12-15-22)18-24(27(33)34)29-26(32)23(17-20-9-5-2-6-10-20)28-25(31)16-13-19-7-3-1-4-8-19/h1-16,23-24,30H,17-18H2,(H,28,31)(H,29,32)(H,33,34)/t23?,24-/m0/s1. The molecule has 0 aliphatic carbocycles. The summed E-state index contributed by atoms with van der Waals surface area (Å²) >= 11 is 0. The molecule has 0 saturated carbocycles. The summed E-state index contributed by atoms with van der Waals surface area (Å²) in [7, 11) is 0. The predicted molar refractivity (Wildman–Crippen MR) is 129 cm³/mol. The minimum Gasteiger partial charge on any atom is -0.508 e. The molecule has 3 rings (SSSR count). The highest BCUT2D eigenvalue weighted by molar-refractivity contribution is 5.96. The largest absolute Gasteiger partial charge is 0.508 e. The maximum Gasteiger partial charge on any atom is 0.326 e. The van der Waals surface area contributed by atoms with E-state index < -0.39 is 29.9 Å². The van der Waals surface area contributed by atoms with E-state index in [9.17, 15) is 24.6 Å². The van der Waals surface area contributed by atoms with Crippen molar-refractivity contribution in [1.82, 2.24) is 10.6 Å². The molecule has 0 bridgehead atoms. The highest BCUT2D eigenvalue weighted by Crippen LogP contribution is 2.12. The van der Waals surface area contributed by atoms with E-state index in [4.69, 9.17) is 0 Å². The second kappa shape index (κ2) is 12.0. The van der Waals surface area contributed by atoms with Crippen LogP contribution in [0.2, 0.25) is 0 Å². The van der Waals surface area contributed by atoms with Gasteiger partial charge >= 0.3 is 5.97 Å². The van der Waals surface area contributed by atoms with Crippen molar-refractivity contribution in [3.63, 3.8) is 0 Å². The van der Waals surface area contributed by atoms with Crippen LogP contribution in [0.5, 0.6) is 5.75 Å². The molecule has 174 valence electrons. The molecule has 2 atom stereocenters. The zero-order chi connectivity index (χ0) is 24.3. The molecular weight excluding hydrogens is 432 g/mol. The lowest BCUT2D eigenvalue weighted by Crippen LogP contribution is -2.52. The minimum atomic E-state index is -1.20. The molecule has 3 aromatic carbocycles. The van der Waals surface area contributed by atoms with Gasteiger partial charge in [-0.25, -0.2) is 4.79 Å². The van der Waals surface area contributed by atoms with Gasteiger partial charge in [0, 0.05) is 18.9 Å². The van der Waals surface area contributed by atoms with Crippen molar-refractivity contribution < 1.29 is 24.6 Å². The molecule has 0 aliphatic heterocycles. The summed E-state index contributed by atoms with van der Waals surface area (Å²) < 4.78 is 0. The van der Waals surface area contributed by atoms with Crippen molar-refractivity contribution in [2.45, 2.75) is 24.9 Å². The average molecular weight is 459 g/mol. The number of carboxylic acids is 1. The van der Waals surface area contributed by atoms with Crippen LogP contribution in [-0.4, -0.2) is 40.1 Å². The summed E-state index contributed by atoms with van der Waals surface area (Å²) in [6, 6.07) is 22.3. The molecule has 0 fully saturated rings. The molecular formula is C27H26N2O5. The monoisotopic (exact) mass is 458 g/mol. The Hall–Kier alpha value is -4.39. The molecule has 7 heteroatoms. The SMILES string of the molecule is O=C(C=Cc1ccccc1)NC(Cc1ccccc1)C(=O)N[C@@H](Cc1ccc(O)cc1)C(=O)O. The molecule has 0 radical (unpaired) electrons. The van der Waals surface area contributed by atoms with Crippen LogP contribution in [0.4, 0.5) is 0 Å². The van der Waals surface area contributed by atoms with Gasteiger partial charge in [0.05, 0.1) is 0 Å². The first kappa shape index (κ1) is 24.3. The first-order valence-corrected chi connectivity index (χ1v) is 10.8. The number of phenols is 1. The fourth-order valence-electron chi connectivity index (χ4n) is 3.36. The number of carbonyl (C=O) groups is 3. The number of hydrogen-bond donors (Lipinski definition) is 4. The molecule has 2 amide bonds. The highest BCUT2D eigenvalue weighted by atomic mass is 16.4. The van der Waals surface area contributed by atoms with E-state index in [0.29, 0.717) is 5.56 Å². The molecule has 0 spiro atoms. The van der Waals surface area contributed by atoms with Crippen molar-refractivity contribution in [2.24, 2.45) is 0 Å². The van der Waals surface area contributed by atoms with Crippen LogP contribution in [0.3, 0.4) is 0 Å². The Morgan fingerprint density at radius 3 is 1.91 bits per heavy atom. The summed E-state index contributed by atoms with van der Waals surface area (Å²) in [5.41, 5.74) is 2.29. The van der Waals surface area contributed by atoms with Gasteiger partial charge in [-0.3, -0.25) is 9.59 Å². The van der Waals surface area contributed by atoms with Crippen molar-refractivity contribution >= 4 is 23.9 Å². The lowest BCUT2D eigenvalue weighted by Gasteiger charge is -2.21. The maximum atomic E-state index is 13.1. The number of phenolic OH excluding ortho intramolecular Hbond substituents is 1. The Labute approximate surface area is 197 Å². The molecule has 0 aliphatic rings. The molecule has 0 saturated heterocycles. The van der Waals surface area contributed by atoms with E-state index in [1.807, 2.05) is 60.7 Å². The lowest BCUT2D eigenvalue weighted by molar-refractivity contribution is -0.142. The first-order valence-electron chi connectivity index (χ1n) is 10.8. The van der Waals surface area contributed by atoms with E-state index in [0.717, 1.165) is 11.1 Å². The fraction of sp³-hybridized carbons (Fsp3) is 0.148. The third-order valence-electron chi connectivity index (χ3n) is 5.13. The number of aliphatic carboxylic acids is 1. The normalized spacial score (nSPS) is 12.6. The topological polar surface area (TPSA) is 116 Å². The Balaban J connectivity index is 1.73. The smallest absolute Gasteiger partial charge is 0.326 e. The zero-order valence-corrected chi connectivity index (χ0v) is 18.4. The van der Waals surface area contributed by atoms with Crippen LogP contribution >= 0.6 is 0 Å². The lowest BCUT2D eigenvalue weighted by atomic mass is 10.0. The Morgan fingerprint density at radius 2 is 1.29 bits per heavy atom. The highest BCUT2D eigenvalue weighted by Gasteiger charge is 2.26. The Morgan fingerprint density at radius 1 is 0.735 bits per heavy atom. The first-order chi connectivity index (χ1) is 16.4. The number of rotatable bonds is 10. The van der Waals surface area contributed by atoms with Crippen molar-refractivity contribution in [2.75, 3.05) is 0 Å². The number of carbonyl (C=O) groups excluding carboxylic acids is 2. The number of hydrogen-bond acceptors (Lipinski definition) is 4. The van der Waals surface area contributed by atoms with Crippen molar-refractivity contribution in [3.8, 4) is 5.75 Å². The van der Waals surface area contributed by atoms with Gasteiger partial charge in [0.25, 0.3) is 0 Å². The van der Waals surface area contributed by atoms with Gasteiger partial charge in [-0.2, -0.15) is 0 Å². The summed E-state index contributed by atoms with van der Waals surface area (Å²) in [5.74, 6) is -2.20. The third kappa shape index (κ3) is 7.63. The van der Waals surface area contributed by atoms with Gasteiger partial charge in [0.15, 0.2) is 0 Å². The molecule has 1 unspecified atom stereocenters. The van der Waals surface area contributed by atoms with E-state index in [1.165, 1.54) is 18.2 Å². The van der Waals surface area contributed by atoms with E-state index >= 15 is 0 Å². The van der Waals surface area contributed by atoms with Crippen LogP contribution in [-0.2, 0) is 27.2 Å². The number of carboxylic acid groups (broad SMARTS) is 1. The van der Waals surface area contributed by atoms with E-state index in [2.05, 4.69) is 10.6 Å². The van der Waals surface area contributed by atoms with Crippen LogP contribution in [0.1, 0.15) is 16.7 Å². The quantitative estimate of drug-likeness (QED) is 0.349. The van der Waals surface area contributed by atoms with Crippen molar-refractivity contribution in [3.05, 3.63) is 108 Å². The van der Waals surface area contributed by atoms with E-state index in [-0.39, 0.29) is 18.6 Å². The van der Waals surface area contributed by atoms with Gasteiger partial charge in [0.1, 0.15) is 17.8 Å². The van der Waals surface area contributed by atoms with Gasteiger partial charge in [-0.05, 0) is 34.9 Å². The zero-order valence-electron chi connectivity index (χ0n) is 18.4. The third-order valence-corrected chi connectivity index (χ3v) is 5.13. The number of nitrogens with one attached hydrogen (secondary N) is 2. The Bertz CT molecular complexity index is 1130. The molecule has 0 heterocycles. The summed E-state index contributed by atoms with van der Waals surface area (Å²) in [4.78, 5) is 37.4. The maximum absolute atomic E-state index is 13.1. The molecule has 3 aromatic rings. The molecule has 0 aromatic heterocycles. The van der Waals surface area contributed by atoms with Crippen LogP contribution in [0, 0.1) is 0 Å².